The fourth-order valence-electron chi connectivity index (χ4n) is 1.46. The predicted octanol–water partition coefficient (Wildman–Crippen LogP) is 3.56. The third kappa shape index (κ3) is 3.78. The van der Waals surface area contributed by atoms with Gasteiger partial charge in [-0.05, 0) is 25.1 Å². The van der Waals surface area contributed by atoms with Crippen LogP contribution >= 0.6 is 27.3 Å². The van der Waals surface area contributed by atoms with E-state index in [0.29, 0.717) is 15.3 Å². The van der Waals surface area contributed by atoms with Crippen molar-refractivity contribution >= 4 is 50.1 Å². The average molecular weight is 356 g/mol. The third-order valence-corrected chi connectivity index (χ3v) is 3.58. The van der Waals surface area contributed by atoms with Gasteiger partial charge in [0.05, 0.1) is 11.3 Å². The van der Waals surface area contributed by atoms with Crippen LogP contribution in [-0.2, 0) is 0 Å². The number of carboxylic acid groups (broad SMARTS) is 1. The Morgan fingerprint density at radius 3 is 2.65 bits per heavy atom. The fourth-order valence-corrected chi connectivity index (χ4v) is 2.63. The minimum absolute atomic E-state index is 0.0831. The molecule has 8 heteroatoms. The van der Waals surface area contributed by atoms with Gasteiger partial charge in [-0.3, -0.25) is 5.32 Å². The molecule has 0 atom stereocenters. The molecule has 2 amide bonds. The van der Waals surface area contributed by atoms with Crippen molar-refractivity contribution in [1.29, 1.82) is 0 Å². The van der Waals surface area contributed by atoms with Crippen LogP contribution in [-0.4, -0.2) is 22.1 Å². The van der Waals surface area contributed by atoms with Gasteiger partial charge in [-0.1, -0.05) is 15.9 Å². The standard InChI is InChI=1S/C12H10BrN3O3S/c1-6-5-20-12(14-6)16-11(19)15-9-3-7(10(17)18)2-8(13)4-9/h2-5H,1H3,(H,17,18)(H2,14,15,16,19). The lowest BCUT2D eigenvalue weighted by Gasteiger charge is -2.07. The highest BCUT2D eigenvalue weighted by Gasteiger charge is 2.09. The molecule has 3 N–H and O–H groups in total. The quantitative estimate of drug-likeness (QED) is 0.784. The van der Waals surface area contributed by atoms with E-state index in [2.05, 4.69) is 31.5 Å². The SMILES string of the molecule is Cc1csc(NC(=O)Nc2cc(Br)cc(C(=O)O)c2)n1. The highest BCUT2D eigenvalue weighted by Crippen LogP contribution is 2.20. The fraction of sp³-hybridized carbons (Fsp3) is 0.0833. The van der Waals surface area contributed by atoms with E-state index >= 15 is 0 Å². The number of aryl methyl sites for hydroxylation is 1. The van der Waals surface area contributed by atoms with Crippen molar-refractivity contribution in [2.75, 3.05) is 10.6 Å². The molecule has 2 rings (SSSR count). The minimum Gasteiger partial charge on any atom is -0.478 e. The van der Waals surface area contributed by atoms with Crippen molar-refractivity contribution < 1.29 is 14.7 Å². The van der Waals surface area contributed by atoms with E-state index in [4.69, 9.17) is 5.11 Å². The first kappa shape index (κ1) is 14.5. The van der Waals surface area contributed by atoms with Gasteiger partial charge in [0, 0.05) is 15.5 Å². The highest BCUT2D eigenvalue weighted by atomic mass is 79.9. The molecule has 20 heavy (non-hydrogen) atoms. The summed E-state index contributed by atoms with van der Waals surface area (Å²) in [6.07, 6.45) is 0. The molecule has 1 aromatic heterocycles. The Labute approximate surface area is 127 Å². The summed E-state index contributed by atoms with van der Waals surface area (Å²) < 4.78 is 0.567. The van der Waals surface area contributed by atoms with Crippen molar-refractivity contribution in [3.63, 3.8) is 0 Å². The summed E-state index contributed by atoms with van der Waals surface area (Å²) in [6, 6.07) is 3.96. The van der Waals surface area contributed by atoms with Crippen LogP contribution in [0, 0.1) is 6.92 Å². The highest BCUT2D eigenvalue weighted by molar-refractivity contribution is 9.10. The van der Waals surface area contributed by atoms with Crippen LogP contribution in [0.3, 0.4) is 0 Å². The molecule has 0 fully saturated rings. The molecule has 2 aromatic rings. The molecule has 0 unspecified atom stereocenters. The van der Waals surface area contributed by atoms with Crippen LogP contribution in [0.25, 0.3) is 0 Å². The number of aromatic carboxylic acids is 1. The average Bonchev–Trinajstić information content (AvgIpc) is 2.73. The zero-order valence-corrected chi connectivity index (χ0v) is 12.7. The third-order valence-electron chi connectivity index (χ3n) is 2.24. The molecule has 0 aliphatic rings. The number of nitrogens with zero attached hydrogens (tertiary/aromatic N) is 1. The van der Waals surface area contributed by atoms with Crippen LogP contribution in [0.15, 0.2) is 28.1 Å². The lowest BCUT2D eigenvalue weighted by atomic mass is 10.2. The molecule has 0 radical (unpaired) electrons. The molecule has 104 valence electrons. The Kier molecular flexibility index (Phi) is 4.35. The van der Waals surface area contributed by atoms with Crippen LogP contribution in [0.5, 0.6) is 0 Å². The molecule has 1 aromatic carbocycles. The van der Waals surface area contributed by atoms with Crippen molar-refractivity contribution in [1.82, 2.24) is 4.98 Å². The van der Waals surface area contributed by atoms with Crippen molar-refractivity contribution in [3.8, 4) is 0 Å². The molecule has 0 bridgehead atoms. The maximum absolute atomic E-state index is 11.8. The van der Waals surface area contributed by atoms with Crippen molar-refractivity contribution in [2.24, 2.45) is 0 Å². The van der Waals surface area contributed by atoms with E-state index in [-0.39, 0.29) is 5.56 Å². The Morgan fingerprint density at radius 1 is 1.30 bits per heavy atom. The number of carbonyl (C=O) groups is 2. The first-order chi connectivity index (χ1) is 9.44. The van der Waals surface area contributed by atoms with Gasteiger partial charge in [0.2, 0.25) is 0 Å². The number of thiazole rings is 1. The van der Waals surface area contributed by atoms with E-state index in [1.54, 1.807) is 6.07 Å². The van der Waals surface area contributed by atoms with E-state index in [1.165, 1.54) is 23.5 Å². The number of hydrogen-bond donors (Lipinski definition) is 3. The van der Waals surface area contributed by atoms with E-state index in [9.17, 15) is 9.59 Å². The van der Waals surface area contributed by atoms with Gasteiger partial charge < -0.3 is 10.4 Å². The second kappa shape index (κ2) is 6.02. The Hall–Kier alpha value is -1.93. The second-order valence-electron chi connectivity index (χ2n) is 3.91. The van der Waals surface area contributed by atoms with E-state index < -0.39 is 12.0 Å². The number of nitrogens with one attached hydrogen (secondary N) is 2. The maximum Gasteiger partial charge on any atom is 0.335 e. The number of hydrogen-bond acceptors (Lipinski definition) is 4. The van der Waals surface area contributed by atoms with Gasteiger partial charge in [0.15, 0.2) is 5.13 Å². The summed E-state index contributed by atoms with van der Waals surface area (Å²) in [5.74, 6) is -1.06. The second-order valence-corrected chi connectivity index (χ2v) is 5.68. The van der Waals surface area contributed by atoms with Gasteiger partial charge in [0.25, 0.3) is 0 Å². The maximum atomic E-state index is 11.8. The number of carboxylic acids is 1. The number of urea groups is 1. The summed E-state index contributed by atoms with van der Waals surface area (Å²) in [7, 11) is 0. The molecule has 0 aliphatic carbocycles. The molecular formula is C12H10BrN3O3S. The number of anilines is 2. The van der Waals surface area contributed by atoms with Crippen LogP contribution in [0.1, 0.15) is 16.1 Å². The number of benzene rings is 1. The molecule has 0 saturated carbocycles. The Balaban J connectivity index is 2.09. The summed E-state index contributed by atoms with van der Waals surface area (Å²) in [5, 5.41) is 16.4. The van der Waals surface area contributed by atoms with Crippen LogP contribution < -0.4 is 10.6 Å². The molecular weight excluding hydrogens is 346 g/mol. The molecule has 1 heterocycles. The summed E-state index contributed by atoms with van der Waals surface area (Å²) in [6.45, 7) is 1.83. The molecule has 0 spiro atoms. The Bertz CT molecular complexity index is 672. The van der Waals surface area contributed by atoms with Gasteiger partial charge in [-0.15, -0.1) is 11.3 Å². The largest absolute Gasteiger partial charge is 0.478 e. The van der Waals surface area contributed by atoms with Gasteiger partial charge >= 0.3 is 12.0 Å². The van der Waals surface area contributed by atoms with Gasteiger partial charge in [0.1, 0.15) is 0 Å². The lowest BCUT2D eigenvalue weighted by Crippen LogP contribution is -2.19. The first-order valence-corrected chi connectivity index (χ1v) is 7.15. The van der Waals surface area contributed by atoms with Gasteiger partial charge in [-0.25, -0.2) is 14.6 Å². The van der Waals surface area contributed by atoms with E-state index in [1.807, 2.05) is 12.3 Å². The molecule has 0 aliphatic heterocycles. The number of aromatic nitrogens is 1. The van der Waals surface area contributed by atoms with Crippen molar-refractivity contribution in [3.05, 3.63) is 39.3 Å². The van der Waals surface area contributed by atoms with E-state index in [0.717, 1.165) is 5.69 Å². The molecule has 6 nitrogen and oxygen atoms in total. The van der Waals surface area contributed by atoms with Crippen molar-refractivity contribution in [2.45, 2.75) is 6.92 Å². The zero-order valence-electron chi connectivity index (χ0n) is 10.3. The lowest BCUT2D eigenvalue weighted by molar-refractivity contribution is 0.0697. The number of carbonyl (C=O) groups excluding carboxylic acids is 1. The molecule has 0 saturated heterocycles. The normalized spacial score (nSPS) is 10.1. The van der Waals surface area contributed by atoms with Crippen LogP contribution in [0.4, 0.5) is 15.6 Å². The smallest absolute Gasteiger partial charge is 0.335 e. The summed E-state index contributed by atoms with van der Waals surface area (Å²) >= 11 is 4.51. The summed E-state index contributed by atoms with van der Waals surface area (Å²) in [4.78, 5) is 26.8. The summed E-state index contributed by atoms with van der Waals surface area (Å²) in [5.41, 5.74) is 1.28. The monoisotopic (exact) mass is 355 g/mol. The van der Waals surface area contributed by atoms with Gasteiger partial charge in [-0.2, -0.15) is 0 Å². The Morgan fingerprint density at radius 2 is 2.05 bits per heavy atom. The predicted molar refractivity (Wildman–Crippen MR) is 80.6 cm³/mol. The topological polar surface area (TPSA) is 91.3 Å². The minimum atomic E-state index is -1.06. The zero-order chi connectivity index (χ0) is 14.7. The first-order valence-electron chi connectivity index (χ1n) is 5.48. The number of rotatable bonds is 3. The number of halogens is 1. The number of amides is 2. The van der Waals surface area contributed by atoms with Crippen LogP contribution in [0.2, 0.25) is 0 Å².